The van der Waals surface area contributed by atoms with Crippen molar-refractivity contribution in [1.29, 1.82) is 0 Å². The lowest BCUT2D eigenvalue weighted by molar-refractivity contribution is 0.0918. The van der Waals surface area contributed by atoms with E-state index in [4.69, 9.17) is 4.43 Å². The minimum atomic E-state index is -1.83. The van der Waals surface area contributed by atoms with Crippen molar-refractivity contribution in [2.45, 2.75) is 76.4 Å². The number of fused-ring (bicyclic) bond motifs is 2. The summed E-state index contributed by atoms with van der Waals surface area (Å²) in [4.78, 5) is 0. The van der Waals surface area contributed by atoms with Gasteiger partial charge in [0.05, 0.1) is 0 Å². The van der Waals surface area contributed by atoms with Gasteiger partial charge in [0, 0.05) is 34.7 Å². The van der Waals surface area contributed by atoms with Crippen molar-refractivity contribution in [3.05, 3.63) is 108 Å². The second-order valence-corrected chi connectivity index (χ2v) is 18.7. The normalized spacial score (nSPS) is 22.0. The van der Waals surface area contributed by atoms with Crippen LogP contribution >= 0.6 is 8.07 Å². The smallest absolute Gasteiger partial charge is 0.192 e. The summed E-state index contributed by atoms with van der Waals surface area (Å²) in [5.74, 6) is 0. The van der Waals surface area contributed by atoms with E-state index in [1.165, 1.54) is 16.2 Å². The van der Waals surface area contributed by atoms with E-state index >= 15 is 0 Å². The van der Waals surface area contributed by atoms with Crippen LogP contribution in [0.1, 0.15) is 39.2 Å². The highest BCUT2D eigenvalue weighted by Crippen LogP contribution is 2.52. The van der Waals surface area contributed by atoms with Crippen molar-refractivity contribution in [2.75, 3.05) is 0 Å². The predicted octanol–water partition coefficient (Wildman–Crippen LogP) is 7.06. The molecule has 5 rings (SSSR count). The molecule has 3 radical (unpaired) electrons. The van der Waals surface area contributed by atoms with E-state index in [2.05, 4.69) is 136 Å². The Morgan fingerprint density at radius 2 is 1.32 bits per heavy atom. The van der Waals surface area contributed by atoms with Crippen LogP contribution in [0.4, 0.5) is 0 Å². The lowest BCUT2D eigenvalue weighted by Gasteiger charge is -2.47. The van der Waals surface area contributed by atoms with Crippen LogP contribution in [0.3, 0.4) is 0 Å². The SMILES string of the molecule is CC(C)(C)[Si](C)(C)O[C@H]1C[C@H]2C=C(Cc3ccccc3)[C@@H](C1)N2P(c1ccccc1)c1ccccc1.[B]. The van der Waals surface area contributed by atoms with Gasteiger partial charge in [-0.3, -0.25) is 4.67 Å². The van der Waals surface area contributed by atoms with E-state index in [0.717, 1.165) is 19.3 Å². The first kappa shape index (κ1) is 28.1. The van der Waals surface area contributed by atoms with Gasteiger partial charge in [0.1, 0.15) is 0 Å². The fourth-order valence-corrected chi connectivity index (χ4v) is 9.52. The fourth-order valence-electron chi connectivity index (χ4n) is 5.43. The first-order valence-electron chi connectivity index (χ1n) is 13.3. The van der Waals surface area contributed by atoms with E-state index in [1.54, 1.807) is 5.57 Å². The Hall–Kier alpha value is -1.97. The van der Waals surface area contributed by atoms with Crippen LogP contribution in [0.15, 0.2) is 103 Å². The number of nitrogens with zero attached hydrogens (tertiary/aromatic N) is 1. The van der Waals surface area contributed by atoms with Crippen LogP contribution in [0.2, 0.25) is 18.1 Å². The highest BCUT2D eigenvalue weighted by Gasteiger charge is 2.48. The monoisotopic (exact) mass is 524 g/mol. The summed E-state index contributed by atoms with van der Waals surface area (Å²) in [5.41, 5.74) is 2.98. The highest BCUT2D eigenvalue weighted by atomic mass is 31.1. The van der Waals surface area contributed by atoms with Crippen LogP contribution in [0.5, 0.6) is 0 Å². The van der Waals surface area contributed by atoms with Crippen molar-refractivity contribution in [1.82, 2.24) is 4.67 Å². The first-order chi connectivity index (χ1) is 17.2. The molecule has 0 saturated carbocycles. The van der Waals surface area contributed by atoms with Crippen molar-refractivity contribution >= 4 is 35.4 Å². The Kier molecular flexibility index (Phi) is 8.65. The maximum atomic E-state index is 7.05. The fraction of sp³-hybridized carbons (Fsp3) is 0.375. The summed E-state index contributed by atoms with van der Waals surface area (Å²) < 4.78 is 9.91. The molecule has 2 bridgehead atoms. The van der Waals surface area contributed by atoms with Crippen LogP contribution in [0, 0.1) is 0 Å². The van der Waals surface area contributed by atoms with Gasteiger partial charge in [-0.05, 0) is 53.6 Å². The third-order valence-corrected chi connectivity index (χ3v) is 15.4. The van der Waals surface area contributed by atoms with Gasteiger partial charge in [-0.1, -0.05) is 123 Å². The first-order valence-corrected chi connectivity index (χ1v) is 17.5. The zero-order chi connectivity index (χ0) is 25.3. The molecular weight excluding hydrogens is 484 g/mol. The maximum absolute atomic E-state index is 7.05. The molecule has 0 spiro atoms. The molecule has 0 aliphatic carbocycles. The maximum Gasteiger partial charge on any atom is 0.192 e. The summed E-state index contributed by atoms with van der Waals surface area (Å²) in [5, 5.41) is 3.10. The molecule has 2 aliphatic rings. The molecule has 2 nitrogen and oxygen atoms in total. The minimum absolute atomic E-state index is 0. The molecule has 0 unspecified atom stereocenters. The Bertz CT molecular complexity index is 1140. The summed E-state index contributed by atoms with van der Waals surface area (Å²) in [6.07, 6.45) is 6.12. The van der Waals surface area contributed by atoms with Crippen molar-refractivity contribution in [3.63, 3.8) is 0 Å². The van der Waals surface area contributed by atoms with Crippen molar-refractivity contribution < 1.29 is 4.43 Å². The van der Waals surface area contributed by atoms with Crippen LogP contribution in [-0.2, 0) is 10.8 Å². The topological polar surface area (TPSA) is 12.5 Å². The van der Waals surface area contributed by atoms with E-state index < -0.39 is 16.4 Å². The van der Waals surface area contributed by atoms with Crippen LogP contribution < -0.4 is 10.6 Å². The zero-order valence-electron chi connectivity index (χ0n) is 23.0. The van der Waals surface area contributed by atoms with E-state index in [9.17, 15) is 0 Å². The standard InChI is InChI=1S/C32H40NOPSi.B/c1-32(2,3)36(4,5)34-28-23-27-22-26(21-25-15-9-6-10-16-25)31(24-28)33(27)35(29-17-11-7-12-18-29)30-19-13-8-14-20-30;/h6-20,22,27-28,31H,21,23-24H2,1-5H3;/t27-,28+,31-;/m1./s1. The second-order valence-electron chi connectivity index (χ2n) is 11.8. The molecule has 0 N–H and O–H groups in total. The molecule has 2 heterocycles. The highest BCUT2D eigenvalue weighted by molar-refractivity contribution is 7.70. The molecule has 0 amide bonds. The van der Waals surface area contributed by atoms with Crippen LogP contribution in [-0.4, -0.2) is 39.6 Å². The average Bonchev–Trinajstić information content (AvgIpc) is 3.05. The molecule has 2 aliphatic heterocycles. The van der Waals surface area contributed by atoms with Gasteiger partial charge in [0.25, 0.3) is 0 Å². The summed E-state index contributed by atoms with van der Waals surface area (Å²) in [6.45, 7) is 11.9. The minimum Gasteiger partial charge on any atom is -0.414 e. The van der Waals surface area contributed by atoms with E-state index in [1.807, 2.05) is 0 Å². The summed E-state index contributed by atoms with van der Waals surface area (Å²) in [6, 6.07) is 34.2. The van der Waals surface area contributed by atoms with Gasteiger partial charge in [0.15, 0.2) is 8.32 Å². The molecule has 0 aromatic heterocycles. The lowest BCUT2D eigenvalue weighted by Crippen LogP contribution is -2.51. The third-order valence-electron chi connectivity index (χ3n) is 8.24. The largest absolute Gasteiger partial charge is 0.414 e. The molecule has 191 valence electrons. The van der Waals surface area contributed by atoms with Gasteiger partial charge >= 0.3 is 0 Å². The number of hydrogen-bond acceptors (Lipinski definition) is 2. The Labute approximate surface area is 228 Å². The molecule has 1 fully saturated rings. The van der Waals surface area contributed by atoms with Gasteiger partial charge in [0.2, 0.25) is 0 Å². The van der Waals surface area contributed by atoms with E-state index in [-0.39, 0.29) is 13.5 Å². The summed E-state index contributed by atoms with van der Waals surface area (Å²) >= 11 is 0. The number of rotatable bonds is 7. The Balaban J connectivity index is 0.00000320. The molecular formula is C32H40BNOPSi. The second kappa shape index (κ2) is 11.4. The quantitative estimate of drug-likeness (QED) is 0.186. The van der Waals surface area contributed by atoms with Gasteiger partial charge in [-0.25, -0.2) is 0 Å². The number of piperidine rings is 1. The van der Waals surface area contributed by atoms with Gasteiger partial charge in [-0.15, -0.1) is 0 Å². The molecule has 3 aromatic rings. The Morgan fingerprint density at radius 3 is 1.84 bits per heavy atom. The predicted molar refractivity (Wildman–Crippen MR) is 164 cm³/mol. The zero-order valence-corrected chi connectivity index (χ0v) is 24.9. The summed E-state index contributed by atoms with van der Waals surface area (Å²) in [7, 11) is -2.46. The molecule has 3 atom stereocenters. The molecule has 1 saturated heterocycles. The van der Waals surface area contributed by atoms with Crippen molar-refractivity contribution in [3.8, 4) is 0 Å². The molecule has 3 aromatic carbocycles. The number of benzene rings is 3. The average molecular weight is 525 g/mol. The lowest BCUT2D eigenvalue weighted by atomic mass is 9.96. The molecule has 5 heteroatoms. The van der Waals surface area contributed by atoms with E-state index in [0.29, 0.717) is 18.2 Å². The number of hydrogen-bond donors (Lipinski definition) is 0. The van der Waals surface area contributed by atoms with Crippen LogP contribution in [0.25, 0.3) is 0 Å². The van der Waals surface area contributed by atoms with Crippen molar-refractivity contribution in [2.24, 2.45) is 0 Å². The third kappa shape index (κ3) is 6.04. The van der Waals surface area contributed by atoms with Gasteiger partial charge < -0.3 is 4.43 Å². The van der Waals surface area contributed by atoms with Gasteiger partial charge in [-0.2, -0.15) is 0 Å². The molecule has 37 heavy (non-hydrogen) atoms. The Morgan fingerprint density at radius 1 is 0.811 bits per heavy atom.